The van der Waals surface area contributed by atoms with Crippen molar-refractivity contribution < 1.29 is 9.53 Å². The van der Waals surface area contributed by atoms with Crippen molar-refractivity contribution >= 4 is 17.7 Å². The van der Waals surface area contributed by atoms with E-state index in [4.69, 9.17) is 4.74 Å². The fraction of sp³-hybridized carbons (Fsp3) is 0.188. The van der Waals surface area contributed by atoms with Gasteiger partial charge in [-0.1, -0.05) is 48.5 Å². The number of esters is 1. The van der Waals surface area contributed by atoms with E-state index in [1.807, 2.05) is 61.5 Å². The third-order valence-corrected chi connectivity index (χ3v) is 3.83. The van der Waals surface area contributed by atoms with Crippen LogP contribution in [0.25, 0.3) is 0 Å². The summed E-state index contributed by atoms with van der Waals surface area (Å²) in [4.78, 5) is 12.8. The monoisotopic (exact) mass is 272 g/mol. The van der Waals surface area contributed by atoms with E-state index in [0.29, 0.717) is 12.4 Å². The van der Waals surface area contributed by atoms with E-state index >= 15 is 0 Å². The van der Waals surface area contributed by atoms with E-state index in [1.54, 1.807) is 0 Å². The molecule has 0 saturated carbocycles. The van der Waals surface area contributed by atoms with E-state index < -0.39 is 0 Å². The van der Waals surface area contributed by atoms with Crippen molar-refractivity contribution in [3.8, 4) is 0 Å². The molecule has 0 fully saturated rings. The zero-order chi connectivity index (χ0) is 13.5. The fourth-order valence-electron chi connectivity index (χ4n) is 1.63. The summed E-state index contributed by atoms with van der Waals surface area (Å²) in [6, 6.07) is 17.7. The van der Waals surface area contributed by atoms with Crippen LogP contribution in [0.5, 0.6) is 0 Å². The number of carbonyl (C=O) groups excluding carboxylic acids is 1. The largest absolute Gasteiger partial charge is 0.460 e. The summed E-state index contributed by atoms with van der Waals surface area (Å²) in [6.07, 6.45) is 0. The molecule has 2 aromatic carbocycles. The molecular formula is C16H16O2S. The van der Waals surface area contributed by atoms with E-state index in [-0.39, 0.29) is 5.97 Å². The SMILES string of the molecule is Cc1ccccc1SCC(=O)OCc1ccccc1. The Hall–Kier alpha value is -1.74. The second kappa shape index (κ2) is 7.00. The number of carbonyl (C=O) groups is 1. The van der Waals surface area contributed by atoms with Gasteiger partial charge >= 0.3 is 5.97 Å². The van der Waals surface area contributed by atoms with Crippen molar-refractivity contribution in [1.29, 1.82) is 0 Å². The third-order valence-electron chi connectivity index (χ3n) is 2.68. The summed E-state index contributed by atoms with van der Waals surface area (Å²) >= 11 is 1.52. The Labute approximate surface area is 117 Å². The fourth-order valence-corrected chi connectivity index (χ4v) is 2.46. The summed E-state index contributed by atoms with van der Waals surface area (Å²) in [5, 5.41) is 0. The van der Waals surface area contributed by atoms with Gasteiger partial charge in [0.2, 0.25) is 0 Å². The van der Waals surface area contributed by atoms with E-state index in [9.17, 15) is 4.79 Å². The number of rotatable bonds is 5. The zero-order valence-electron chi connectivity index (χ0n) is 10.8. The first kappa shape index (κ1) is 13.7. The summed E-state index contributed by atoms with van der Waals surface area (Å²) < 4.78 is 5.23. The minimum absolute atomic E-state index is 0.183. The molecule has 0 radical (unpaired) electrons. The van der Waals surface area contributed by atoms with Crippen LogP contribution in [0.2, 0.25) is 0 Å². The second-order valence-corrected chi connectivity index (χ2v) is 5.22. The third kappa shape index (κ3) is 4.45. The lowest BCUT2D eigenvalue weighted by Crippen LogP contribution is -2.07. The Kier molecular flexibility index (Phi) is 5.04. The average molecular weight is 272 g/mol. The Bertz CT molecular complexity index is 537. The van der Waals surface area contributed by atoms with Crippen molar-refractivity contribution in [2.75, 3.05) is 5.75 Å². The molecule has 0 aliphatic heterocycles. The van der Waals surface area contributed by atoms with E-state index in [2.05, 4.69) is 0 Å². The van der Waals surface area contributed by atoms with Crippen LogP contribution in [-0.4, -0.2) is 11.7 Å². The van der Waals surface area contributed by atoms with Crippen molar-refractivity contribution in [2.45, 2.75) is 18.4 Å². The van der Waals surface area contributed by atoms with Crippen molar-refractivity contribution in [1.82, 2.24) is 0 Å². The molecule has 2 nitrogen and oxygen atoms in total. The maximum Gasteiger partial charge on any atom is 0.316 e. The molecule has 2 rings (SSSR count). The highest BCUT2D eigenvalue weighted by molar-refractivity contribution is 8.00. The van der Waals surface area contributed by atoms with E-state index in [1.165, 1.54) is 17.3 Å². The van der Waals surface area contributed by atoms with Gasteiger partial charge in [0.25, 0.3) is 0 Å². The highest BCUT2D eigenvalue weighted by atomic mass is 32.2. The van der Waals surface area contributed by atoms with Crippen molar-refractivity contribution in [3.63, 3.8) is 0 Å². The molecule has 0 N–H and O–H groups in total. The first-order valence-corrected chi connectivity index (χ1v) is 7.12. The normalized spacial score (nSPS) is 10.2. The van der Waals surface area contributed by atoms with Gasteiger partial charge in [0.1, 0.15) is 6.61 Å². The summed E-state index contributed by atoms with van der Waals surface area (Å²) in [7, 11) is 0. The van der Waals surface area contributed by atoms with Gasteiger partial charge in [0.05, 0.1) is 5.75 Å². The maximum absolute atomic E-state index is 11.7. The Morgan fingerprint density at radius 3 is 2.47 bits per heavy atom. The molecule has 0 heterocycles. The number of hydrogen-bond acceptors (Lipinski definition) is 3. The first-order chi connectivity index (χ1) is 9.25. The zero-order valence-corrected chi connectivity index (χ0v) is 11.7. The Morgan fingerprint density at radius 2 is 1.74 bits per heavy atom. The second-order valence-electron chi connectivity index (χ2n) is 4.20. The predicted molar refractivity (Wildman–Crippen MR) is 78.1 cm³/mol. The number of aryl methyl sites for hydroxylation is 1. The highest BCUT2D eigenvalue weighted by Crippen LogP contribution is 2.21. The van der Waals surface area contributed by atoms with Gasteiger partial charge in [-0.05, 0) is 24.1 Å². The predicted octanol–water partition coefficient (Wildman–Crippen LogP) is 3.83. The lowest BCUT2D eigenvalue weighted by atomic mass is 10.2. The molecule has 0 aliphatic carbocycles. The molecular weight excluding hydrogens is 256 g/mol. The van der Waals surface area contributed by atoms with Crippen molar-refractivity contribution in [2.24, 2.45) is 0 Å². The topological polar surface area (TPSA) is 26.3 Å². The average Bonchev–Trinajstić information content (AvgIpc) is 2.45. The van der Waals surface area contributed by atoms with Crippen LogP contribution in [0.1, 0.15) is 11.1 Å². The van der Waals surface area contributed by atoms with Gasteiger partial charge in [0.15, 0.2) is 0 Å². The van der Waals surface area contributed by atoms with Gasteiger partial charge in [-0.3, -0.25) is 4.79 Å². The van der Waals surface area contributed by atoms with E-state index in [0.717, 1.165) is 10.5 Å². The molecule has 0 spiro atoms. The minimum atomic E-state index is -0.183. The molecule has 0 aliphatic rings. The number of benzene rings is 2. The van der Waals surface area contributed by atoms with Crippen LogP contribution in [0.3, 0.4) is 0 Å². The quantitative estimate of drug-likeness (QED) is 0.611. The molecule has 98 valence electrons. The summed E-state index contributed by atoms with van der Waals surface area (Å²) in [5.74, 6) is 0.162. The molecule has 0 atom stereocenters. The molecule has 0 saturated heterocycles. The molecule has 0 unspecified atom stereocenters. The van der Waals surface area contributed by atoms with Gasteiger partial charge in [-0.25, -0.2) is 0 Å². The lowest BCUT2D eigenvalue weighted by Gasteiger charge is -2.06. The summed E-state index contributed by atoms with van der Waals surface area (Å²) in [6.45, 7) is 2.38. The van der Waals surface area contributed by atoms with Crippen LogP contribution >= 0.6 is 11.8 Å². The van der Waals surface area contributed by atoms with Gasteiger partial charge < -0.3 is 4.74 Å². The number of thioether (sulfide) groups is 1. The van der Waals surface area contributed by atoms with Crippen LogP contribution in [0.4, 0.5) is 0 Å². The van der Waals surface area contributed by atoms with Gasteiger partial charge in [0, 0.05) is 4.90 Å². The van der Waals surface area contributed by atoms with Crippen LogP contribution < -0.4 is 0 Å². The first-order valence-electron chi connectivity index (χ1n) is 6.13. The molecule has 0 amide bonds. The van der Waals surface area contributed by atoms with Crippen molar-refractivity contribution in [3.05, 3.63) is 65.7 Å². The van der Waals surface area contributed by atoms with Crippen LogP contribution in [0, 0.1) is 6.92 Å². The molecule has 3 heteroatoms. The maximum atomic E-state index is 11.7. The molecule has 2 aromatic rings. The van der Waals surface area contributed by atoms with Gasteiger partial charge in [-0.2, -0.15) is 0 Å². The molecule has 0 aromatic heterocycles. The highest BCUT2D eigenvalue weighted by Gasteiger charge is 2.06. The Morgan fingerprint density at radius 1 is 1.05 bits per heavy atom. The lowest BCUT2D eigenvalue weighted by molar-refractivity contribution is -0.141. The smallest absolute Gasteiger partial charge is 0.316 e. The number of ether oxygens (including phenoxy) is 1. The molecule has 19 heavy (non-hydrogen) atoms. The minimum Gasteiger partial charge on any atom is -0.460 e. The summed E-state index contributed by atoms with van der Waals surface area (Å²) in [5.41, 5.74) is 2.19. The molecule has 0 bridgehead atoms. The van der Waals surface area contributed by atoms with Crippen LogP contribution in [-0.2, 0) is 16.1 Å². The number of hydrogen-bond donors (Lipinski definition) is 0. The Balaban J connectivity index is 1.78. The van der Waals surface area contributed by atoms with Gasteiger partial charge in [-0.15, -0.1) is 11.8 Å². The van der Waals surface area contributed by atoms with Crippen LogP contribution in [0.15, 0.2) is 59.5 Å². The standard InChI is InChI=1S/C16H16O2S/c1-13-7-5-6-10-15(13)19-12-16(17)18-11-14-8-3-2-4-9-14/h2-10H,11-12H2,1H3.